The van der Waals surface area contributed by atoms with Crippen LogP contribution < -0.4 is 0 Å². The van der Waals surface area contributed by atoms with E-state index in [1.165, 1.54) is 0 Å². The van der Waals surface area contributed by atoms with Crippen LogP contribution in [0.5, 0.6) is 0 Å². The number of rotatable bonds is 4. The lowest BCUT2D eigenvalue weighted by Gasteiger charge is -2.19. The van der Waals surface area contributed by atoms with Crippen molar-refractivity contribution in [3.8, 4) is 0 Å². The predicted molar refractivity (Wildman–Crippen MR) is 78.0 cm³/mol. The molecule has 0 amide bonds. The molecule has 1 aliphatic carbocycles. The van der Waals surface area contributed by atoms with Crippen LogP contribution in [-0.2, 0) is 0 Å². The van der Waals surface area contributed by atoms with Gasteiger partial charge in [-0.25, -0.2) is 0 Å². The standard InChI is InChI=1S/C15H25N3O/c1-10(16)14-5-6-18(11(14)2)13-7-12(9-17(3)4)15(19)8-13/h5-6,12-13,15-16,19H,7-9H2,1-4H3. The van der Waals surface area contributed by atoms with Crippen LogP contribution in [0.1, 0.15) is 37.1 Å². The zero-order valence-electron chi connectivity index (χ0n) is 12.3. The maximum absolute atomic E-state index is 10.2. The molecule has 4 nitrogen and oxygen atoms in total. The van der Waals surface area contributed by atoms with E-state index in [0.29, 0.717) is 17.7 Å². The van der Waals surface area contributed by atoms with Crippen molar-refractivity contribution < 1.29 is 5.11 Å². The van der Waals surface area contributed by atoms with Crippen molar-refractivity contribution in [3.05, 3.63) is 23.5 Å². The Bertz CT molecular complexity index is 464. The van der Waals surface area contributed by atoms with Gasteiger partial charge in [-0.15, -0.1) is 0 Å². The first kappa shape index (κ1) is 14.3. The fourth-order valence-corrected chi connectivity index (χ4v) is 3.28. The summed E-state index contributed by atoms with van der Waals surface area (Å²) in [4.78, 5) is 2.14. The van der Waals surface area contributed by atoms with Crippen LogP contribution in [0.3, 0.4) is 0 Å². The molecule has 2 rings (SSSR count). The zero-order chi connectivity index (χ0) is 14.2. The molecule has 0 radical (unpaired) electrons. The first-order valence-corrected chi connectivity index (χ1v) is 6.96. The molecule has 2 N–H and O–H groups in total. The third kappa shape index (κ3) is 2.90. The third-order valence-corrected chi connectivity index (χ3v) is 4.21. The Morgan fingerprint density at radius 3 is 2.68 bits per heavy atom. The summed E-state index contributed by atoms with van der Waals surface area (Å²) in [7, 11) is 4.11. The van der Waals surface area contributed by atoms with Gasteiger partial charge < -0.3 is 20.0 Å². The van der Waals surface area contributed by atoms with E-state index in [9.17, 15) is 5.11 Å². The van der Waals surface area contributed by atoms with Crippen molar-refractivity contribution in [1.29, 1.82) is 5.41 Å². The number of aliphatic hydroxyl groups is 1. The Labute approximate surface area is 115 Å². The Kier molecular flexibility index (Phi) is 4.11. The topological polar surface area (TPSA) is 52.3 Å². The van der Waals surface area contributed by atoms with Crippen molar-refractivity contribution >= 4 is 5.71 Å². The first-order chi connectivity index (χ1) is 8.90. The number of hydrogen-bond donors (Lipinski definition) is 2. The van der Waals surface area contributed by atoms with Crippen molar-refractivity contribution in [1.82, 2.24) is 9.47 Å². The van der Waals surface area contributed by atoms with Crippen LogP contribution in [0.15, 0.2) is 12.3 Å². The fourth-order valence-electron chi connectivity index (χ4n) is 3.28. The van der Waals surface area contributed by atoms with E-state index in [4.69, 9.17) is 5.41 Å². The first-order valence-electron chi connectivity index (χ1n) is 6.96. The number of aromatic nitrogens is 1. The molecule has 3 unspecified atom stereocenters. The number of aliphatic hydroxyl groups excluding tert-OH is 1. The molecule has 106 valence electrons. The second kappa shape index (κ2) is 5.47. The minimum Gasteiger partial charge on any atom is -0.393 e. The molecule has 1 heterocycles. The zero-order valence-corrected chi connectivity index (χ0v) is 12.3. The van der Waals surface area contributed by atoms with Crippen molar-refractivity contribution in [3.63, 3.8) is 0 Å². The normalized spacial score (nSPS) is 27.2. The number of nitrogens with one attached hydrogen (secondary N) is 1. The molecule has 3 atom stereocenters. The summed E-state index contributed by atoms with van der Waals surface area (Å²) in [6, 6.07) is 2.39. The lowest BCUT2D eigenvalue weighted by Crippen LogP contribution is -2.26. The van der Waals surface area contributed by atoms with Crippen molar-refractivity contribution in [2.75, 3.05) is 20.6 Å². The summed E-state index contributed by atoms with van der Waals surface area (Å²) in [5.74, 6) is 0.353. The molecule has 0 saturated heterocycles. The highest BCUT2D eigenvalue weighted by Crippen LogP contribution is 2.36. The maximum atomic E-state index is 10.2. The van der Waals surface area contributed by atoms with Gasteiger partial charge >= 0.3 is 0 Å². The van der Waals surface area contributed by atoms with Crippen LogP contribution in [0, 0.1) is 18.3 Å². The second-order valence-corrected chi connectivity index (χ2v) is 6.06. The predicted octanol–water partition coefficient (Wildman–Crippen LogP) is 2.06. The highest BCUT2D eigenvalue weighted by Gasteiger charge is 2.34. The summed E-state index contributed by atoms with van der Waals surface area (Å²) >= 11 is 0. The lowest BCUT2D eigenvalue weighted by molar-refractivity contribution is 0.114. The molecule has 1 saturated carbocycles. The quantitative estimate of drug-likeness (QED) is 0.817. The lowest BCUT2D eigenvalue weighted by atomic mass is 10.1. The average Bonchev–Trinajstić information content (AvgIpc) is 2.82. The van der Waals surface area contributed by atoms with Crippen LogP contribution in [-0.4, -0.2) is 47.0 Å². The van der Waals surface area contributed by atoms with Gasteiger partial charge in [0.1, 0.15) is 0 Å². The van der Waals surface area contributed by atoms with Gasteiger partial charge in [-0.2, -0.15) is 0 Å². The van der Waals surface area contributed by atoms with E-state index in [1.54, 1.807) is 0 Å². The largest absolute Gasteiger partial charge is 0.393 e. The molecule has 0 aromatic carbocycles. The van der Waals surface area contributed by atoms with E-state index in [0.717, 1.165) is 30.6 Å². The Balaban J connectivity index is 2.14. The minimum atomic E-state index is -0.210. The molecule has 0 aliphatic heterocycles. The van der Waals surface area contributed by atoms with Crippen LogP contribution >= 0.6 is 0 Å². The molecule has 1 aliphatic rings. The summed E-state index contributed by atoms with van der Waals surface area (Å²) in [6.07, 6.45) is 3.70. The Morgan fingerprint density at radius 1 is 1.47 bits per heavy atom. The highest BCUT2D eigenvalue weighted by atomic mass is 16.3. The summed E-state index contributed by atoms with van der Waals surface area (Å²) < 4.78 is 2.24. The van der Waals surface area contributed by atoms with Gasteiger partial charge in [-0.1, -0.05) is 0 Å². The Hall–Kier alpha value is -1.13. The van der Waals surface area contributed by atoms with Crippen molar-refractivity contribution in [2.45, 2.75) is 38.8 Å². The van der Waals surface area contributed by atoms with Gasteiger partial charge in [0, 0.05) is 35.8 Å². The van der Waals surface area contributed by atoms with E-state index in [-0.39, 0.29) is 6.10 Å². The van der Waals surface area contributed by atoms with Gasteiger partial charge in [0.15, 0.2) is 0 Å². The Morgan fingerprint density at radius 2 is 2.16 bits per heavy atom. The number of hydrogen-bond acceptors (Lipinski definition) is 3. The van der Waals surface area contributed by atoms with Crippen LogP contribution in [0.2, 0.25) is 0 Å². The van der Waals surface area contributed by atoms with Gasteiger partial charge in [0.25, 0.3) is 0 Å². The second-order valence-electron chi connectivity index (χ2n) is 6.06. The molecule has 19 heavy (non-hydrogen) atoms. The van der Waals surface area contributed by atoms with Crippen molar-refractivity contribution in [2.24, 2.45) is 5.92 Å². The molecule has 1 aromatic heterocycles. The maximum Gasteiger partial charge on any atom is 0.0601 e. The fraction of sp³-hybridized carbons (Fsp3) is 0.667. The summed E-state index contributed by atoms with van der Waals surface area (Å²) in [6.45, 7) is 4.83. The van der Waals surface area contributed by atoms with Gasteiger partial charge in [0.2, 0.25) is 0 Å². The average molecular weight is 263 g/mol. The molecule has 1 aromatic rings. The van der Waals surface area contributed by atoms with E-state index in [1.807, 2.05) is 13.0 Å². The molecular formula is C15H25N3O. The van der Waals surface area contributed by atoms with Crippen LogP contribution in [0.4, 0.5) is 0 Å². The SMILES string of the molecule is CC(=N)c1ccn(C2CC(O)C(CN(C)C)C2)c1C. The van der Waals surface area contributed by atoms with Gasteiger partial charge in [-0.3, -0.25) is 0 Å². The smallest absolute Gasteiger partial charge is 0.0601 e. The van der Waals surface area contributed by atoms with E-state index < -0.39 is 0 Å². The third-order valence-electron chi connectivity index (χ3n) is 4.21. The summed E-state index contributed by atoms with van der Waals surface area (Å²) in [5.41, 5.74) is 2.78. The van der Waals surface area contributed by atoms with Gasteiger partial charge in [-0.05, 0) is 52.8 Å². The van der Waals surface area contributed by atoms with Gasteiger partial charge in [0.05, 0.1) is 6.10 Å². The molecule has 0 bridgehead atoms. The van der Waals surface area contributed by atoms with E-state index >= 15 is 0 Å². The molecule has 0 spiro atoms. The molecule has 4 heteroatoms. The highest BCUT2D eigenvalue weighted by molar-refractivity contribution is 5.97. The minimum absolute atomic E-state index is 0.210. The number of nitrogens with zero attached hydrogens (tertiary/aromatic N) is 2. The monoisotopic (exact) mass is 263 g/mol. The summed E-state index contributed by atoms with van der Waals surface area (Å²) in [5, 5.41) is 18.0. The van der Waals surface area contributed by atoms with E-state index in [2.05, 4.69) is 36.7 Å². The molecular weight excluding hydrogens is 238 g/mol. The van der Waals surface area contributed by atoms with Crippen LogP contribution in [0.25, 0.3) is 0 Å². The molecule has 1 fully saturated rings.